The minimum atomic E-state index is -0.238. The van der Waals surface area contributed by atoms with Gasteiger partial charge in [0.25, 0.3) is 5.56 Å². The van der Waals surface area contributed by atoms with Crippen LogP contribution in [0.2, 0.25) is 5.02 Å². The summed E-state index contributed by atoms with van der Waals surface area (Å²) in [6, 6.07) is 9.93. The van der Waals surface area contributed by atoms with E-state index in [0.717, 1.165) is 18.4 Å². The number of hydrogen-bond donors (Lipinski definition) is 1. The van der Waals surface area contributed by atoms with Gasteiger partial charge in [-0.3, -0.25) is 4.79 Å². The van der Waals surface area contributed by atoms with Crippen LogP contribution in [-0.4, -0.2) is 9.78 Å². The first-order valence-corrected chi connectivity index (χ1v) is 7.13. The van der Waals surface area contributed by atoms with E-state index < -0.39 is 0 Å². The second-order valence-electron chi connectivity index (χ2n) is 4.59. The molecule has 5 heteroatoms. The highest BCUT2D eigenvalue weighted by Gasteiger charge is 2.08. The summed E-state index contributed by atoms with van der Waals surface area (Å²) in [5.41, 5.74) is 1.46. The fraction of sp³-hybridized carbons (Fsp3) is 0.333. The lowest BCUT2D eigenvalue weighted by atomic mass is 10.2. The molecule has 1 N–H and O–H groups in total. The predicted octanol–water partition coefficient (Wildman–Crippen LogP) is 3.31. The van der Waals surface area contributed by atoms with Gasteiger partial charge in [0.2, 0.25) is 0 Å². The van der Waals surface area contributed by atoms with Gasteiger partial charge >= 0.3 is 0 Å². The number of benzene rings is 1. The van der Waals surface area contributed by atoms with Crippen LogP contribution in [0.1, 0.15) is 25.3 Å². The molecule has 0 radical (unpaired) electrons. The molecule has 0 bridgehead atoms. The Morgan fingerprint density at radius 3 is 2.75 bits per heavy atom. The molecular weight excluding hydrogens is 274 g/mol. The quantitative estimate of drug-likeness (QED) is 0.888. The molecule has 2 rings (SSSR count). The van der Waals surface area contributed by atoms with Gasteiger partial charge in [-0.2, -0.15) is 5.10 Å². The van der Waals surface area contributed by atoms with Crippen LogP contribution >= 0.6 is 11.6 Å². The zero-order chi connectivity index (χ0) is 14.4. The number of nitrogens with zero attached hydrogens (tertiary/aromatic N) is 2. The standard InChI is InChI=1S/C15H18ClN3O/c1-2-3-9-19-15(20)14(16)13(11-18-19)17-10-12-7-5-4-6-8-12/h4-8,11,17H,2-3,9-10H2,1H3. The van der Waals surface area contributed by atoms with Crippen molar-refractivity contribution >= 4 is 17.3 Å². The molecule has 106 valence electrons. The SMILES string of the molecule is CCCCn1ncc(NCc2ccccc2)c(Cl)c1=O. The Morgan fingerprint density at radius 1 is 1.30 bits per heavy atom. The number of aryl methyl sites for hydroxylation is 1. The van der Waals surface area contributed by atoms with Gasteiger partial charge in [-0.05, 0) is 12.0 Å². The van der Waals surface area contributed by atoms with Crippen molar-refractivity contribution < 1.29 is 0 Å². The molecule has 0 spiro atoms. The van der Waals surface area contributed by atoms with Crippen molar-refractivity contribution in [1.29, 1.82) is 0 Å². The lowest BCUT2D eigenvalue weighted by Crippen LogP contribution is -2.24. The van der Waals surface area contributed by atoms with Crippen LogP contribution in [0.4, 0.5) is 5.69 Å². The normalized spacial score (nSPS) is 10.5. The molecule has 0 aliphatic carbocycles. The summed E-state index contributed by atoms with van der Waals surface area (Å²) in [5.74, 6) is 0. The summed E-state index contributed by atoms with van der Waals surface area (Å²) in [7, 11) is 0. The van der Waals surface area contributed by atoms with Gasteiger partial charge in [0.05, 0.1) is 11.9 Å². The number of nitrogens with one attached hydrogen (secondary N) is 1. The topological polar surface area (TPSA) is 46.9 Å². The third-order valence-corrected chi connectivity index (χ3v) is 3.40. The van der Waals surface area contributed by atoms with E-state index in [1.54, 1.807) is 6.20 Å². The number of hydrogen-bond acceptors (Lipinski definition) is 3. The van der Waals surface area contributed by atoms with E-state index in [0.29, 0.717) is 18.8 Å². The van der Waals surface area contributed by atoms with Crippen molar-refractivity contribution in [3.05, 3.63) is 57.5 Å². The summed E-state index contributed by atoms with van der Waals surface area (Å²) >= 11 is 6.11. The second kappa shape index (κ2) is 7.10. The molecule has 1 aromatic heterocycles. The summed E-state index contributed by atoms with van der Waals surface area (Å²) in [4.78, 5) is 12.0. The Labute approximate surface area is 123 Å². The highest BCUT2D eigenvalue weighted by molar-refractivity contribution is 6.32. The Balaban J connectivity index is 2.09. The van der Waals surface area contributed by atoms with Crippen LogP contribution in [-0.2, 0) is 13.1 Å². The van der Waals surface area contributed by atoms with Gasteiger partial charge in [0.1, 0.15) is 5.02 Å². The number of unbranched alkanes of at least 4 members (excludes halogenated alkanes) is 1. The molecule has 4 nitrogen and oxygen atoms in total. The summed E-state index contributed by atoms with van der Waals surface area (Å²) in [6.45, 7) is 3.29. The third kappa shape index (κ3) is 3.61. The van der Waals surface area contributed by atoms with Crippen LogP contribution in [0.5, 0.6) is 0 Å². The average Bonchev–Trinajstić information content (AvgIpc) is 2.49. The molecule has 0 saturated carbocycles. The van der Waals surface area contributed by atoms with E-state index in [1.807, 2.05) is 30.3 Å². The van der Waals surface area contributed by atoms with Crippen molar-refractivity contribution in [3.8, 4) is 0 Å². The Bertz CT molecular complexity index is 610. The first kappa shape index (κ1) is 14.6. The van der Waals surface area contributed by atoms with Gasteiger partial charge in [-0.25, -0.2) is 4.68 Å². The fourth-order valence-electron chi connectivity index (χ4n) is 1.85. The van der Waals surface area contributed by atoms with E-state index in [1.165, 1.54) is 4.68 Å². The molecule has 0 aliphatic rings. The van der Waals surface area contributed by atoms with Gasteiger partial charge in [-0.1, -0.05) is 55.3 Å². The molecule has 20 heavy (non-hydrogen) atoms. The highest BCUT2D eigenvalue weighted by atomic mass is 35.5. The van der Waals surface area contributed by atoms with Gasteiger partial charge in [-0.15, -0.1) is 0 Å². The molecule has 0 unspecified atom stereocenters. The highest BCUT2D eigenvalue weighted by Crippen LogP contribution is 2.16. The van der Waals surface area contributed by atoms with Crippen molar-refractivity contribution in [3.63, 3.8) is 0 Å². The maximum absolute atomic E-state index is 12.0. The average molecular weight is 292 g/mol. The van der Waals surface area contributed by atoms with E-state index >= 15 is 0 Å². The minimum absolute atomic E-state index is 0.201. The molecule has 1 aromatic carbocycles. The lowest BCUT2D eigenvalue weighted by molar-refractivity contribution is 0.543. The van der Waals surface area contributed by atoms with Crippen LogP contribution in [0, 0.1) is 0 Å². The summed E-state index contributed by atoms with van der Waals surface area (Å²) in [5, 5.41) is 7.49. The van der Waals surface area contributed by atoms with Crippen LogP contribution in [0.25, 0.3) is 0 Å². The third-order valence-electron chi connectivity index (χ3n) is 3.03. The zero-order valence-corrected chi connectivity index (χ0v) is 12.2. The number of aromatic nitrogens is 2. The molecule has 0 amide bonds. The van der Waals surface area contributed by atoms with Gasteiger partial charge < -0.3 is 5.32 Å². The predicted molar refractivity (Wildman–Crippen MR) is 82.2 cm³/mol. The summed E-state index contributed by atoms with van der Waals surface area (Å²) < 4.78 is 1.42. The largest absolute Gasteiger partial charge is 0.378 e. The van der Waals surface area contributed by atoms with Crippen LogP contribution < -0.4 is 10.9 Å². The molecule has 0 saturated heterocycles. The number of anilines is 1. The maximum atomic E-state index is 12.0. The van der Waals surface area contributed by atoms with Crippen LogP contribution in [0.3, 0.4) is 0 Å². The molecule has 1 heterocycles. The fourth-order valence-corrected chi connectivity index (χ4v) is 2.06. The van der Waals surface area contributed by atoms with E-state index in [9.17, 15) is 4.79 Å². The minimum Gasteiger partial charge on any atom is -0.378 e. The number of rotatable bonds is 6. The van der Waals surface area contributed by atoms with E-state index in [-0.39, 0.29) is 10.6 Å². The molecule has 2 aromatic rings. The van der Waals surface area contributed by atoms with Gasteiger partial charge in [0.15, 0.2) is 0 Å². The Hall–Kier alpha value is -1.81. The van der Waals surface area contributed by atoms with E-state index in [2.05, 4.69) is 17.3 Å². The summed E-state index contributed by atoms with van der Waals surface area (Å²) in [6.07, 6.45) is 3.54. The molecule has 0 aliphatic heterocycles. The molecular formula is C15H18ClN3O. The molecule has 0 fully saturated rings. The lowest BCUT2D eigenvalue weighted by Gasteiger charge is -2.10. The Morgan fingerprint density at radius 2 is 2.05 bits per heavy atom. The zero-order valence-electron chi connectivity index (χ0n) is 11.5. The second-order valence-corrected chi connectivity index (χ2v) is 4.97. The van der Waals surface area contributed by atoms with Crippen molar-refractivity contribution in [2.24, 2.45) is 0 Å². The molecule has 0 atom stereocenters. The van der Waals surface area contributed by atoms with Crippen molar-refractivity contribution in [2.45, 2.75) is 32.9 Å². The Kier molecular flexibility index (Phi) is 5.18. The van der Waals surface area contributed by atoms with E-state index in [4.69, 9.17) is 11.6 Å². The first-order valence-electron chi connectivity index (χ1n) is 6.75. The monoisotopic (exact) mass is 291 g/mol. The maximum Gasteiger partial charge on any atom is 0.287 e. The number of halogens is 1. The van der Waals surface area contributed by atoms with Crippen molar-refractivity contribution in [1.82, 2.24) is 9.78 Å². The van der Waals surface area contributed by atoms with Crippen molar-refractivity contribution in [2.75, 3.05) is 5.32 Å². The first-order chi connectivity index (χ1) is 9.72. The van der Waals surface area contributed by atoms with Crippen LogP contribution in [0.15, 0.2) is 41.3 Å². The van der Waals surface area contributed by atoms with Gasteiger partial charge in [0, 0.05) is 13.1 Å². The smallest absolute Gasteiger partial charge is 0.287 e.